The third-order valence-corrected chi connectivity index (χ3v) is 3.43. The number of ether oxygens (including phenoxy) is 1. The molecule has 0 N–H and O–H groups in total. The number of nitrogens with zero attached hydrogens (tertiary/aromatic N) is 1. The van der Waals surface area contributed by atoms with E-state index in [0.29, 0.717) is 23.7 Å². The van der Waals surface area contributed by atoms with Crippen LogP contribution in [0.3, 0.4) is 0 Å². The van der Waals surface area contributed by atoms with Crippen LogP contribution in [-0.4, -0.2) is 43.0 Å². The van der Waals surface area contributed by atoms with Crippen LogP contribution in [0.4, 0.5) is 0 Å². The van der Waals surface area contributed by atoms with E-state index in [4.69, 9.17) is 16.3 Å². The van der Waals surface area contributed by atoms with Crippen molar-refractivity contribution in [2.24, 2.45) is 0 Å². The van der Waals surface area contributed by atoms with Gasteiger partial charge in [0.05, 0.1) is 19.3 Å². The Morgan fingerprint density at radius 2 is 2.39 bits per heavy atom. The highest BCUT2D eigenvalue weighted by Crippen LogP contribution is 2.13. The maximum absolute atomic E-state index is 12.1. The van der Waals surface area contributed by atoms with Crippen molar-refractivity contribution >= 4 is 17.4 Å². The molecule has 0 bridgehead atoms. The number of halogens is 1. The van der Waals surface area contributed by atoms with E-state index < -0.39 is 0 Å². The Balaban J connectivity index is 1.95. The number of morpholine rings is 1. The van der Waals surface area contributed by atoms with E-state index in [2.05, 4.69) is 11.8 Å². The van der Waals surface area contributed by atoms with Crippen molar-refractivity contribution in [3.63, 3.8) is 0 Å². The van der Waals surface area contributed by atoms with E-state index in [-0.39, 0.29) is 11.9 Å². The summed E-state index contributed by atoms with van der Waals surface area (Å²) in [6.45, 7) is 4.92. The molecule has 1 aromatic rings. The van der Waals surface area contributed by atoms with Crippen molar-refractivity contribution in [2.75, 3.05) is 26.2 Å². The Bertz CT molecular complexity index is 422. The zero-order valence-electron chi connectivity index (χ0n) is 10.6. The Morgan fingerprint density at radius 1 is 1.56 bits per heavy atom. The maximum atomic E-state index is 12.1. The smallest absolute Gasteiger partial charge is 0.176 e. The standard InChI is InChI=1S/C14H18ClNO2/c1-2-13-9-16(6-7-18-13)10-14(17)11-4-3-5-12(15)8-11/h3-5,8,13H,2,6-7,9-10H2,1H3. The van der Waals surface area contributed by atoms with Crippen LogP contribution >= 0.6 is 11.6 Å². The number of hydrogen-bond donors (Lipinski definition) is 0. The first-order valence-electron chi connectivity index (χ1n) is 6.31. The summed E-state index contributed by atoms with van der Waals surface area (Å²) in [7, 11) is 0. The predicted molar refractivity (Wildman–Crippen MR) is 72.3 cm³/mol. The molecule has 0 spiro atoms. The molecule has 1 aliphatic heterocycles. The molecule has 18 heavy (non-hydrogen) atoms. The second kappa shape index (κ2) is 6.32. The molecule has 1 aliphatic rings. The molecular formula is C14H18ClNO2. The predicted octanol–water partition coefficient (Wildman–Crippen LogP) is 2.63. The SMILES string of the molecule is CCC1CN(CC(=O)c2cccc(Cl)c2)CCO1. The van der Waals surface area contributed by atoms with Gasteiger partial charge in [0.25, 0.3) is 0 Å². The van der Waals surface area contributed by atoms with Gasteiger partial charge in [0.15, 0.2) is 5.78 Å². The minimum Gasteiger partial charge on any atom is -0.376 e. The number of rotatable bonds is 4. The van der Waals surface area contributed by atoms with E-state index in [0.717, 1.165) is 19.5 Å². The summed E-state index contributed by atoms with van der Waals surface area (Å²) in [5.41, 5.74) is 0.682. The van der Waals surface area contributed by atoms with Crippen LogP contribution in [0.1, 0.15) is 23.7 Å². The molecule has 98 valence electrons. The molecule has 2 rings (SSSR count). The fourth-order valence-electron chi connectivity index (χ4n) is 2.13. The first kappa shape index (κ1) is 13.5. The number of carbonyl (C=O) groups is 1. The van der Waals surface area contributed by atoms with Gasteiger partial charge in [-0.25, -0.2) is 0 Å². The summed E-state index contributed by atoms with van der Waals surface area (Å²) in [4.78, 5) is 14.3. The lowest BCUT2D eigenvalue weighted by atomic mass is 10.1. The molecule has 0 aromatic heterocycles. The Labute approximate surface area is 113 Å². The summed E-state index contributed by atoms with van der Waals surface area (Å²) < 4.78 is 5.59. The van der Waals surface area contributed by atoms with Gasteiger partial charge in [-0.3, -0.25) is 9.69 Å². The summed E-state index contributed by atoms with van der Waals surface area (Å²) >= 11 is 5.89. The highest BCUT2D eigenvalue weighted by Gasteiger charge is 2.21. The van der Waals surface area contributed by atoms with Crippen molar-refractivity contribution in [2.45, 2.75) is 19.4 Å². The molecule has 1 unspecified atom stereocenters. The van der Waals surface area contributed by atoms with Gasteiger partial charge in [-0.2, -0.15) is 0 Å². The Morgan fingerprint density at radius 3 is 3.11 bits per heavy atom. The van der Waals surface area contributed by atoms with Crippen LogP contribution in [0, 0.1) is 0 Å². The van der Waals surface area contributed by atoms with Crippen LogP contribution in [-0.2, 0) is 4.74 Å². The van der Waals surface area contributed by atoms with Gasteiger partial charge in [-0.05, 0) is 18.6 Å². The molecule has 3 nitrogen and oxygen atoms in total. The molecule has 1 aromatic carbocycles. The van der Waals surface area contributed by atoms with Crippen molar-refractivity contribution in [1.82, 2.24) is 4.90 Å². The summed E-state index contributed by atoms with van der Waals surface area (Å²) in [6, 6.07) is 7.12. The zero-order chi connectivity index (χ0) is 13.0. The average Bonchev–Trinajstić information content (AvgIpc) is 2.39. The van der Waals surface area contributed by atoms with E-state index in [1.54, 1.807) is 12.1 Å². The second-order valence-corrected chi connectivity index (χ2v) is 5.01. The molecule has 1 heterocycles. The normalized spacial score (nSPS) is 20.9. The van der Waals surface area contributed by atoms with E-state index in [9.17, 15) is 4.79 Å². The Kier molecular flexibility index (Phi) is 4.75. The maximum Gasteiger partial charge on any atom is 0.176 e. The van der Waals surface area contributed by atoms with Crippen LogP contribution in [0.5, 0.6) is 0 Å². The summed E-state index contributed by atoms with van der Waals surface area (Å²) in [6.07, 6.45) is 1.24. The highest BCUT2D eigenvalue weighted by molar-refractivity contribution is 6.31. The lowest BCUT2D eigenvalue weighted by molar-refractivity contribution is -0.0271. The lowest BCUT2D eigenvalue weighted by Gasteiger charge is -2.31. The van der Waals surface area contributed by atoms with Crippen molar-refractivity contribution in [3.8, 4) is 0 Å². The fourth-order valence-corrected chi connectivity index (χ4v) is 2.32. The van der Waals surface area contributed by atoms with Gasteiger partial charge in [-0.1, -0.05) is 30.7 Å². The van der Waals surface area contributed by atoms with Gasteiger partial charge in [0.2, 0.25) is 0 Å². The summed E-state index contributed by atoms with van der Waals surface area (Å²) in [5.74, 6) is 0.120. The number of carbonyl (C=O) groups excluding carboxylic acids is 1. The highest BCUT2D eigenvalue weighted by atomic mass is 35.5. The molecular weight excluding hydrogens is 250 g/mol. The van der Waals surface area contributed by atoms with Crippen LogP contribution in [0.2, 0.25) is 5.02 Å². The van der Waals surface area contributed by atoms with Gasteiger partial charge in [-0.15, -0.1) is 0 Å². The van der Waals surface area contributed by atoms with Gasteiger partial charge >= 0.3 is 0 Å². The quantitative estimate of drug-likeness (QED) is 0.786. The van der Waals surface area contributed by atoms with E-state index in [1.807, 2.05) is 12.1 Å². The van der Waals surface area contributed by atoms with Crippen molar-refractivity contribution in [1.29, 1.82) is 0 Å². The van der Waals surface area contributed by atoms with Crippen LogP contribution < -0.4 is 0 Å². The van der Waals surface area contributed by atoms with E-state index in [1.165, 1.54) is 0 Å². The molecule has 0 saturated carbocycles. The third kappa shape index (κ3) is 3.55. The summed E-state index contributed by atoms with van der Waals surface area (Å²) in [5, 5.41) is 0.606. The van der Waals surface area contributed by atoms with Crippen LogP contribution in [0.25, 0.3) is 0 Å². The topological polar surface area (TPSA) is 29.5 Å². The van der Waals surface area contributed by atoms with Gasteiger partial charge in [0, 0.05) is 23.7 Å². The fraction of sp³-hybridized carbons (Fsp3) is 0.500. The first-order valence-corrected chi connectivity index (χ1v) is 6.69. The van der Waals surface area contributed by atoms with E-state index >= 15 is 0 Å². The first-order chi connectivity index (χ1) is 8.69. The molecule has 0 aliphatic carbocycles. The monoisotopic (exact) mass is 267 g/mol. The number of hydrogen-bond acceptors (Lipinski definition) is 3. The minimum atomic E-state index is 0.120. The Hall–Kier alpha value is -0.900. The minimum absolute atomic E-state index is 0.120. The van der Waals surface area contributed by atoms with Gasteiger partial charge in [0.1, 0.15) is 0 Å². The third-order valence-electron chi connectivity index (χ3n) is 3.19. The van der Waals surface area contributed by atoms with Crippen LogP contribution in [0.15, 0.2) is 24.3 Å². The lowest BCUT2D eigenvalue weighted by Crippen LogP contribution is -2.44. The number of benzene rings is 1. The largest absolute Gasteiger partial charge is 0.376 e. The van der Waals surface area contributed by atoms with Gasteiger partial charge < -0.3 is 4.74 Å². The molecule has 1 atom stereocenters. The molecule has 0 radical (unpaired) electrons. The average molecular weight is 268 g/mol. The molecule has 0 amide bonds. The number of Topliss-reactive ketones (excluding diaryl/α,β-unsaturated/α-hetero) is 1. The number of ketones is 1. The molecule has 1 fully saturated rings. The molecule has 1 saturated heterocycles. The molecule has 4 heteroatoms. The second-order valence-electron chi connectivity index (χ2n) is 4.57. The van der Waals surface area contributed by atoms with Crippen molar-refractivity contribution < 1.29 is 9.53 Å². The van der Waals surface area contributed by atoms with Crippen molar-refractivity contribution in [3.05, 3.63) is 34.9 Å². The zero-order valence-corrected chi connectivity index (χ0v) is 11.3.